The third-order valence-corrected chi connectivity index (χ3v) is 2.92. The van der Waals surface area contributed by atoms with E-state index in [9.17, 15) is 9.90 Å². The van der Waals surface area contributed by atoms with Crippen LogP contribution < -0.4 is 5.32 Å². The molecule has 1 amide bonds. The van der Waals surface area contributed by atoms with Crippen molar-refractivity contribution in [3.63, 3.8) is 0 Å². The average molecular weight is 259 g/mol. The van der Waals surface area contributed by atoms with Crippen molar-refractivity contribution in [2.75, 3.05) is 6.54 Å². The molecule has 1 atom stereocenters. The fraction of sp³-hybridized carbons (Fsp3) is 0.357. The normalized spacial score (nSPS) is 12.3. The van der Waals surface area contributed by atoms with E-state index in [0.717, 1.165) is 5.52 Å². The van der Waals surface area contributed by atoms with Gasteiger partial charge in [0.05, 0.1) is 23.3 Å². The minimum absolute atomic E-state index is 0.262. The van der Waals surface area contributed by atoms with Crippen molar-refractivity contribution in [3.05, 3.63) is 36.2 Å². The van der Waals surface area contributed by atoms with E-state index in [-0.39, 0.29) is 12.0 Å². The number of aliphatic hydroxyl groups is 1. The van der Waals surface area contributed by atoms with Gasteiger partial charge in [-0.1, -0.05) is 19.1 Å². The molecule has 2 rings (SSSR count). The van der Waals surface area contributed by atoms with Gasteiger partial charge in [0.1, 0.15) is 5.69 Å². The van der Waals surface area contributed by atoms with Crippen LogP contribution in [0.1, 0.15) is 30.3 Å². The number of aliphatic hydroxyl groups excluding tert-OH is 1. The first-order valence-electron chi connectivity index (χ1n) is 6.38. The van der Waals surface area contributed by atoms with Gasteiger partial charge < -0.3 is 10.4 Å². The molecule has 0 bridgehead atoms. The van der Waals surface area contributed by atoms with Crippen molar-refractivity contribution in [2.45, 2.75) is 25.9 Å². The molecule has 2 N–H and O–H groups in total. The highest BCUT2D eigenvalue weighted by Crippen LogP contribution is 2.08. The van der Waals surface area contributed by atoms with Crippen LogP contribution in [0.4, 0.5) is 0 Å². The lowest BCUT2D eigenvalue weighted by Crippen LogP contribution is -2.27. The molecule has 2 aromatic rings. The number of hydrogen-bond donors (Lipinski definition) is 2. The number of nitrogens with one attached hydrogen (secondary N) is 1. The Kier molecular flexibility index (Phi) is 4.41. The van der Waals surface area contributed by atoms with Crippen LogP contribution in [0.2, 0.25) is 0 Å². The molecule has 5 nitrogen and oxygen atoms in total. The van der Waals surface area contributed by atoms with E-state index >= 15 is 0 Å². The number of aromatic nitrogens is 2. The Labute approximate surface area is 111 Å². The van der Waals surface area contributed by atoms with E-state index in [0.29, 0.717) is 30.6 Å². The van der Waals surface area contributed by atoms with Crippen LogP contribution in [-0.4, -0.2) is 33.6 Å². The smallest absolute Gasteiger partial charge is 0.271 e. The maximum atomic E-state index is 11.9. The number of nitrogens with zero attached hydrogens (tertiary/aromatic N) is 2. The quantitative estimate of drug-likeness (QED) is 0.853. The molecule has 0 aliphatic heterocycles. The van der Waals surface area contributed by atoms with Gasteiger partial charge in [-0.15, -0.1) is 0 Å². The lowest BCUT2D eigenvalue weighted by atomic mass is 10.2. The van der Waals surface area contributed by atoms with Gasteiger partial charge in [-0.25, -0.2) is 4.98 Å². The van der Waals surface area contributed by atoms with Crippen LogP contribution in [0.5, 0.6) is 0 Å². The molecule has 0 saturated heterocycles. The maximum absolute atomic E-state index is 11.9. The summed E-state index contributed by atoms with van der Waals surface area (Å²) in [6.45, 7) is 2.34. The fourth-order valence-electron chi connectivity index (χ4n) is 1.71. The number of carbonyl (C=O) groups is 1. The summed E-state index contributed by atoms with van der Waals surface area (Å²) in [6.07, 6.45) is 2.33. The van der Waals surface area contributed by atoms with Gasteiger partial charge in [0.2, 0.25) is 0 Å². The lowest BCUT2D eigenvalue weighted by molar-refractivity contribution is 0.0937. The Morgan fingerprint density at radius 1 is 1.37 bits per heavy atom. The zero-order valence-electron chi connectivity index (χ0n) is 10.8. The summed E-state index contributed by atoms with van der Waals surface area (Å²) in [6, 6.07) is 7.40. The Balaban J connectivity index is 2.01. The molecule has 0 aliphatic carbocycles. The summed E-state index contributed by atoms with van der Waals surface area (Å²) in [5, 5.41) is 12.1. The summed E-state index contributed by atoms with van der Waals surface area (Å²) in [5.41, 5.74) is 1.76. The molecule has 0 aliphatic rings. The molecular formula is C14H17N3O2. The van der Waals surface area contributed by atoms with Gasteiger partial charge in [0.25, 0.3) is 5.91 Å². The van der Waals surface area contributed by atoms with Gasteiger partial charge in [-0.2, -0.15) is 0 Å². The summed E-state index contributed by atoms with van der Waals surface area (Å²) in [4.78, 5) is 20.3. The van der Waals surface area contributed by atoms with Gasteiger partial charge in [-0.3, -0.25) is 9.78 Å². The number of para-hydroxylation sites is 2. The molecule has 0 spiro atoms. The molecule has 1 aromatic heterocycles. The molecule has 100 valence electrons. The largest absolute Gasteiger partial charge is 0.393 e. The lowest BCUT2D eigenvalue weighted by Gasteiger charge is -2.08. The van der Waals surface area contributed by atoms with E-state index < -0.39 is 0 Å². The molecule has 1 aromatic carbocycles. The second-order valence-corrected chi connectivity index (χ2v) is 4.35. The van der Waals surface area contributed by atoms with Gasteiger partial charge in [0.15, 0.2) is 0 Å². The highest BCUT2D eigenvalue weighted by molar-refractivity contribution is 5.93. The molecule has 1 unspecified atom stereocenters. The second-order valence-electron chi connectivity index (χ2n) is 4.35. The van der Waals surface area contributed by atoms with Gasteiger partial charge in [0, 0.05) is 6.54 Å². The number of rotatable bonds is 5. The zero-order chi connectivity index (χ0) is 13.7. The van der Waals surface area contributed by atoms with E-state index in [1.165, 1.54) is 6.20 Å². The predicted molar refractivity (Wildman–Crippen MR) is 72.8 cm³/mol. The first kappa shape index (κ1) is 13.4. The molecule has 5 heteroatoms. The van der Waals surface area contributed by atoms with E-state index in [1.807, 2.05) is 31.2 Å². The van der Waals surface area contributed by atoms with Gasteiger partial charge >= 0.3 is 0 Å². The Bertz CT molecular complexity index is 571. The monoisotopic (exact) mass is 259 g/mol. The first-order chi connectivity index (χ1) is 9.20. The number of carbonyl (C=O) groups excluding carboxylic acids is 1. The van der Waals surface area contributed by atoms with E-state index in [1.54, 1.807) is 0 Å². The van der Waals surface area contributed by atoms with Crippen LogP contribution in [-0.2, 0) is 0 Å². The van der Waals surface area contributed by atoms with Crippen LogP contribution in [0, 0.1) is 0 Å². The van der Waals surface area contributed by atoms with Crippen LogP contribution in [0.25, 0.3) is 11.0 Å². The van der Waals surface area contributed by atoms with Crippen molar-refractivity contribution >= 4 is 16.9 Å². The zero-order valence-corrected chi connectivity index (χ0v) is 10.8. The molecule has 19 heavy (non-hydrogen) atoms. The molecule has 0 fully saturated rings. The number of hydrogen-bond acceptors (Lipinski definition) is 4. The molecular weight excluding hydrogens is 242 g/mol. The minimum atomic E-state index is -0.372. The number of amides is 1. The number of fused-ring (bicyclic) bond motifs is 1. The summed E-state index contributed by atoms with van der Waals surface area (Å²) >= 11 is 0. The van der Waals surface area contributed by atoms with E-state index in [4.69, 9.17) is 0 Å². The highest BCUT2D eigenvalue weighted by atomic mass is 16.3. The summed E-state index contributed by atoms with van der Waals surface area (Å²) < 4.78 is 0. The van der Waals surface area contributed by atoms with Crippen molar-refractivity contribution < 1.29 is 9.90 Å². The van der Waals surface area contributed by atoms with Crippen molar-refractivity contribution in [3.8, 4) is 0 Å². The highest BCUT2D eigenvalue weighted by Gasteiger charge is 2.09. The average Bonchev–Trinajstić information content (AvgIpc) is 2.46. The van der Waals surface area contributed by atoms with E-state index in [2.05, 4.69) is 15.3 Å². The third-order valence-electron chi connectivity index (χ3n) is 2.92. The van der Waals surface area contributed by atoms with Gasteiger partial charge in [-0.05, 0) is 25.0 Å². The first-order valence-corrected chi connectivity index (χ1v) is 6.38. The minimum Gasteiger partial charge on any atom is -0.393 e. The molecule has 0 radical (unpaired) electrons. The maximum Gasteiger partial charge on any atom is 0.271 e. The van der Waals surface area contributed by atoms with Crippen LogP contribution in [0.3, 0.4) is 0 Å². The van der Waals surface area contributed by atoms with Crippen LogP contribution in [0.15, 0.2) is 30.5 Å². The third kappa shape index (κ3) is 3.48. The molecule has 0 saturated carbocycles. The van der Waals surface area contributed by atoms with Crippen molar-refractivity contribution in [1.82, 2.24) is 15.3 Å². The predicted octanol–water partition coefficient (Wildman–Crippen LogP) is 1.52. The summed E-state index contributed by atoms with van der Waals surface area (Å²) in [5.74, 6) is -0.262. The topological polar surface area (TPSA) is 75.1 Å². The second kappa shape index (κ2) is 6.24. The Morgan fingerprint density at radius 2 is 2.11 bits per heavy atom. The number of benzene rings is 1. The van der Waals surface area contributed by atoms with Crippen LogP contribution >= 0.6 is 0 Å². The molecule has 1 heterocycles. The van der Waals surface area contributed by atoms with Crippen molar-refractivity contribution in [2.24, 2.45) is 0 Å². The Hall–Kier alpha value is -2.01. The Morgan fingerprint density at radius 3 is 2.84 bits per heavy atom. The summed E-state index contributed by atoms with van der Waals surface area (Å²) in [7, 11) is 0. The van der Waals surface area contributed by atoms with Crippen molar-refractivity contribution in [1.29, 1.82) is 0 Å². The standard InChI is InChI=1S/C14H17N3O2/c1-2-10(18)7-8-15-14(19)13-9-16-11-5-3-4-6-12(11)17-13/h3-6,9-10,18H,2,7-8H2,1H3,(H,15,19). The fourth-order valence-corrected chi connectivity index (χ4v) is 1.71. The SMILES string of the molecule is CCC(O)CCNC(=O)c1cnc2ccccc2n1.